The second-order valence-corrected chi connectivity index (χ2v) is 7.89. The Kier molecular flexibility index (Phi) is 4.68. The van der Waals surface area contributed by atoms with E-state index in [9.17, 15) is 4.79 Å². The molecule has 0 saturated carbocycles. The van der Waals surface area contributed by atoms with E-state index in [4.69, 9.17) is 0 Å². The molecule has 3 nitrogen and oxygen atoms in total. The summed E-state index contributed by atoms with van der Waals surface area (Å²) < 4.78 is 1.81. The number of rotatable bonds is 4. The average Bonchev–Trinajstić information content (AvgIpc) is 3.09. The van der Waals surface area contributed by atoms with Crippen LogP contribution in [0, 0.1) is 13.8 Å². The normalized spacial score (nSPS) is 13.0. The van der Waals surface area contributed by atoms with Crippen LogP contribution >= 0.6 is 11.8 Å². The van der Waals surface area contributed by atoms with Crippen molar-refractivity contribution >= 4 is 11.8 Å². The molecule has 3 aromatic rings. The predicted molar refractivity (Wildman–Crippen MR) is 107 cm³/mol. The van der Waals surface area contributed by atoms with Crippen LogP contribution in [0.3, 0.4) is 0 Å². The van der Waals surface area contributed by atoms with E-state index in [-0.39, 0.29) is 5.69 Å². The first-order chi connectivity index (χ1) is 12.6. The summed E-state index contributed by atoms with van der Waals surface area (Å²) in [6, 6.07) is 16.6. The summed E-state index contributed by atoms with van der Waals surface area (Å²) in [6.07, 6.45) is 3.04. The van der Waals surface area contributed by atoms with Crippen LogP contribution in [0.4, 0.5) is 0 Å². The molecule has 0 amide bonds. The Morgan fingerprint density at radius 3 is 2.58 bits per heavy atom. The fourth-order valence-electron chi connectivity index (χ4n) is 3.63. The molecule has 4 rings (SSSR count). The van der Waals surface area contributed by atoms with Gasteiger partial charge in [0.2, 0.25) is 0 Å². The highest BCUT2D eigenvalue weighted by Crippen LogP contribution is 2.32. The lowest BCUT2D eigenvalue weighted by Crippen LogP contribution is -2.25. The van der Waals surface area contributed by atoms with Gasteiger partial charge in [-0.25, -0.2) is 4.79 Å². The third-order valence-corrected chi connectivity index (χ3v) is 5.91. The van der Waals surface area contributed by atoms with Crippen molar-refractivity contribution in [1.82, 2.24) is 9.55 Å². The van der Waals surface area contributed by atoms with Gasteiger partial charge in [-0.2, -0.15) is 4.98 Å². The summed E-state index contributed by atoms with van der Waals surface area (Å²) in [6.45, 7) is 4.15. The molecule has 0 bridgehead atoms. The topological polar surface area (TPSA) is 34.9 Å². The van der Waals surface area contributed by atoms with Crippen LogP contribution in [-0.2, 0) is 18.6 Å². The van der Waals surface area contributed by atoms with Gasteiger partial charge in [-0.1, -0.05) is 42.0 Å². The highest BCUT2D eigenvalue weighted by atomic mass is 32.2. The Morgan fingerprint density at radius 2 is 1.81 bits per heavy atom. The van der Waals surface area contributed by atoms with Crippen LogP contribution < -0.4 is 5.69 Å². The third-order valence-electron chi connectivity index (χ3n) is 4.82. The minimum atomic E-state index is -0.164. The average molecular weight is 362 g/mol. The minimum absolute atomic E-state index is 0.164. The quantitative estimate of drug-likeness (QED) is 0.501. The molecule has 0 atom stereocenters. The molecule has 0 radical (unpaired) electrons. The molecule has 0 saturated heterocycles. The third kappa shape index (κ3) is 3.34. The van der Waals surface area contributed by atoms with Crippen LogP contribution in [0.1, 0.15) is 34.4 Å². The van der Waals surface area contributed by atoms with E-state index in [2.05, 4.69) is 42.2 Å². The summed E-state index contributed by atoms with van der Waals surface area (Å²) in [5, 5.41) is 0.910. The van der Waals surface area contributed by atoms with Gasteiger partial charge in [0.1, 0.15) is 5.03 Å². The van der Waals surface area contributed by atoms with Crippen molar-refractivity contribution in [2.45, 2.75) is 43.9 Å². The van der Waals surface area contributed by atoms with Gasteiger partial charge in [-0.3, -0.25) is 4.57 Å². The molecule has 26 heavy (non-hydrogen) atoms. The predicted octanol–water partition coefficient (Wildman–Crippen LogP) is 4.63. The first-order valence-corrected chi connectivity index (χ1v) is 10.0. The number of fused-ring (bicyclic) bond motifs is 1. The van der Waals surface area contributed by atoms with E-state index in [0.717, 1.165) is 47.0 Å². The maximum Gasteiger partial charge on any atom is 0.353 e. The largest absolute Gasteiger partial charge is 0.353 e. The number of benzene rings is 2. The second kappa shape index (κ2) is 7.12. The molecule has 4 heteroatoms. The fourth-order valence-corrected chi connectivity index (χ4v) is 4.65. The Hall–Kier alpha value is -2.33. The fraction of sp³-hybridized carbons (Fsp3) is 0.273. The minimum Gasteiger partial charge on any atom is -0.265 e. The zero-order valence-electron chi connectivity index (χ0n) is 15.2. The van der Waals surface area contributed by atoms with Crippen molar-refractivity contribution in [3.8, 4) is 5.69 Å². The van der Waals surface area contributed by atoms with Gasteiger partial charge in [0, 0.05) is 17.0 Å². The van der Waals surface area contributed by atoms with Crippen LogP contribution in [0.2, 0.25) is 0 Å². The standard InChI is InChI=1S/C22H22N2OS/c1-15-6-3-8-17(12-15)14-26-21-19-10-5-11-20(19)24(22(25)23-21)18-9-4-7-16(2)13-18/h3-4,6-9,12-13H,5,10-11,14H2,1-2H3. The molecule has 0 unspecified atom stereocenters. The SMILES string of the molecule is Cc1cccc(CSc2nc(=O)n(-c3cccc(C)c3)c3c2CCC3)c1. The first kappa shape index (κ1) is 17.1. The van der Waals surface area contributed by atoms with Gasteiger partial charge in [-0.15, -0.1) is 11.8 Å². The van der Waals surface area contributed by atoms with Gasteiger partial charge >= 0.3 is 5.69 Å². The Balaban J connectivity index is 1.71. The van der Waals surface area contributed by atoms with Crippen molar-refractivity contribution in [3.05, 3.63) is 87.0 Å². The molecule has 2 aromatic carbocycles. The summed E-state index contributed by atoms with van der Waals surface area (Å²) in [4.78, 5) is 17.3. The zero-order chi connectivity index (χ0) is 18.1. The molecule has 0 N–H and O–H groups in total. The van der Waals surface area contributed by atoms with Gasteiger partial charge in [-0.05, 0) is 56.4 Å². The molecule has 0 fully saturated rings. The summed E-state index contributed by atoms with van der Waals surface area (Å²) >= 11 is 1.68. The highest BCUT2D eigenvalue weighted by Gasteiger charge is 2.22. The lowest BCUT2D eigenvalue weighted by molar-refractivity contribution is 0.802. The number of aryl methyl sites for hydroxylation is 2. The van der Waals surface area contributed by atoms with Crippen LogP contribution in [0.15, 0.2) is 58.4 Å². The van der Waals surface area contributed by atoms with Crippen molar-refractivity contribution < 1.29 is 0 Å². The first-order valence-electron chi connectivity index (χ1n) is 9.02. The molecular formula is C22H22N2OS. The summed E-state index contributed by atoms with van der Waals surface area (Å²) in [5.41, 5.74) is 6.84. The number of aromatic nitrogens is 2. The lowest BCUT2D eigenvalue weighted by Gasteiger charge is -2.14. The van der Waals surface area contributed by atoms with E-state index < -0.39 is 0 Å². The van der Waals surface area contributed by atoms with Crippen LogP contribution in [0.25, 0.3) is 5.69 Å². The Morgan fingerprint density at radius 1 is 1.04 bits per heavy atom. The van der Waals surface area contributed by atoms with E-state index in [1.807, 2.05) is 29.7 Å². The van der Waals surface area contributed by atoms with E-state index in [1.165, 1.54) is 16.7 Å². The molecule has 132 valence electrons. The molecular weight excluding hydrogens is 340 g/mol. The Bertz CT molecular complexity index is 1020. The number of hydrogen-bond acceptors (Lipinski definition) is 3. The van der Waals surface area contributed by atoms with Crippen molar-refractivity contribution in [1.29, 1.82) is 0 Å². The molecule has 0 aliphatic heterocycles. The Labute approximate surface area is 158 Å². The van der Waals surface area contributed by atoms with Crippen LogP contribution in [0.5, 0.6) is 0 Å². The van der Waals surface area contributed by atoms with Gasteiger partial charge in [0.15, 0.2) is 0 Å². The summed E-state index contributed by atoms with van der Waals surface area (Å²) in [5.74, 6) is 0.842. The monoisotopic (exact) mass is 362 g/mol. The maximum atomic E-state index is 12.8. The van der Waals surface area contributed by atoms with E-state index in [0.29, 0.717) is 0 Å². The van der Waals surface area contributed by atoms with Gasteiger partial charge in [0.25, 0.3) is 0 Å². The van der Waals surface area contributed by atoms with Gasteiger partial charge in [0.05, 0.1) is 5.69 Å². The zero-order valence-corrected chi connectivity index (χ0v) is 16.0. The molecule has 0 spiro atoms. The van der Waals surface area contributed by atoms with Crippen molar-refractivity contribution in [3.63, 3.8) is 0 Å². The number of nitrogens with zero attached hydrogens (tertiary/aromatic N) is 2. The second-order valence-electron chi connectivity index (χ2n) is 6.93. The van der Waals surface area contributed by atoms with Gasteiger partial charge < -0.3 is 0 Å². The summed E-state index contributed by atoms with van der Waals surface area (Å²) in [7, 11) is 0. The molecule has 1 aromatic heterocycles. The number of hydrogen-bond donors (Lipinski definition) is 0. The molecule has 1 aliphatic rings. The molecule has 1 heterocycles. The van der Waals surface area contributed by atoms with E-state index in [1.54, 1.807) is 11.8 Å². The molecule has 1 aliphatic carbocycles. The maximum absolute atomic E-state index is 12.8. The smallest absolute Gasteiger partial charge is 0.265 e. The highest BCUT2D eigenvalue weighted by molar-refractivity contribution is 7.98. The number of thioether (sulfide) groups is 1. The van der Waals surface area contributed by atoms with Crippen molar-refractivity contribution in [2.75, 3.05) is 0 Å². The van der Waals surface area contributed by atoms with Crippen molar-refractivity contribution in [2.24, 2.45) is 0 Å². The van der Waals surface area contributed by atoms with E-state index >= 15 is 0 Å². The lowest BCUT2D eigenvalue weighted by atomic mass is 10.2. The van der Waals surface area contributed by atoms with Crippen LogP contribution in [-0.4, -0.2) is 9.55 Å².